The zero-order valence-corrected chi connectivity index (χ0v) is 20.9. The summed E-state index contributed by atoms with van der Waals surface area (Å²) in [5.74, 6) is 1.49. The van der Waals surface area contributed by atoms with E-state index in [0.29, 0.717) is 42.8 Å². The van der Waals surface area contributed by atoms with Gasteiger partial charge in [0.1, 0.15) is 17.0 Å². The van der Waals surface area contributed by atoms with Crippen LogP contribution < -0.4 is 5.32 Å². The highest BCUT2D eigenvalue weighted by molar-refractivity contribution is 6.00. The first kappa shape index (κ1) is 23.5. The van der Waals surface area contributed by atoms with E-state index in [4.69, 9.17) is 4.42 Å². The molecule has 1 fully saturated rings. The van der Waals surface area contributed by atoms with Crippen LogP contribution in [0.1, 0.15) is 56.1 Å². The predicted molar refractivity (Wildman–Crippen MR) is 136 cm³/mol. The Kier molecular flexibility index (Phi) is 6.30. The van der Waals surface area contributed by atoms with E-state index in [2.05, 4.69) is 31.3 Å². The normalized spacial score (nSPS) is 26.4. The molecule has 1 aliphatic heterocycles. The number of benzene rings is 1. The van der Waals surface area contributed by atoms with E-state index < -0.39 is 5.54 Å². The molecule has 0 saturated heterocycles. The topological polar surface area (TPSA) is 67.5 Å². The first-order valence-electron chi connectivity index (χ1n) is 12.8. The molecule has 4 unspecified atom stereocenters. The first-order chi connectivity index (χ1) is 16.9. The fourth-order valence-electron chi connectivity index (χ4n) is 5.76. The van der Waals surface area contributed by atoms with Crippen molar-refractivity contribution in [2.24, 2.45) is 11.8 Å². The molecule has 0 spiro atoms. The Morgan fingerprint density at radius 1 is 1.06 bits per heavy atom. The van der Waals surface area contributed by atoms with Crippen LogP contribution in [0.25, 0.3) is 11.5 Å². The van der Waals surface area contributed by atoms with Crippen LogP contribution in [0, 0.1) is 11.8 Å². The van der Waals surface area contributed by atoms with Crippen LogP contribution in [0.15, 0.2) is 65.3 Å². The molecule has 0 bridgehead atoms. The molecule has 35 heavy (non-hydrogen) atoms. The zero-order chi connectivity index (χ0) is 24.6. The molecular weight excluding hydrogens is 438 g/mol. The van der Waals surface area contributed by atoms with Crippen LogP contribution >= 0.6 is 0 Å². The Labute approximate surface area is 207 Å². The van der Waals surface area contributed by atoms with Crippen LogP contribution in [0.2, 0.25) is 0 Å². The number of aromatic nitrogens is 1. The molecule has 6 nitrogen and oxygen atoms in total. The summed E-state index contributed by atoms with van der Waals surface area (Å²) in [6.45, 7) is 7.27. The fraction of sp³-hybridized carbons (Fsp3) is 0.448. The largest absolute Gasteiger partial charge is 0.463 e. The van der Waals surface area contributed by atoms with Crippen molar-refractivity contribution in [2.45, 2.75) is 64.6 Å². The van der Waals surface area contributed by atoms with Gasteiger partial charge in [0, 0.05) is 12.6 Å². The van der Waals surface area contributed by atoms with Gasteiger partial charge in [-0.2, -0.15) is 0 Å². The van der Waals surface area contributed by atoms with Crippen molar-refractivity contribution in [1.29, 1.82) is 0 Å². The monoisotopic (exact) mass is 473 g/mol. The summed E-state index contributed by atoms with van der Waals surface area (Å²) in [6.07, 6.45) is 5.62. The number of hydrogen-bond acceptors (Lipinski definition) is 3. The number of rotatable bonds is 6. The summed E-state index contributed by atoms with van der Waals surface area (Å²) in [4.78, 5) is 29.6. The smallest absolute Gasteiger partial charge is 0.271 e. The number of carbonyl (C=O) groups excluding carboxylic acids is 2. The molecule has 1 saturated carbocycles. The summed E-state index contributed by atoms with van der Waals surface area (Å²) in [5, 5.41) is 3.37. The van der Waals surface area contributed by atoms with Gasteiger partial charge in [-0.1, -0.05) is 57.0 Å². The predicted octanol–water partition coefficient (Wildman–Crippen LogP) is 5.15. The summed E-state index contributed by atoms with van der Waals surface area (Å²) < 4.78 is 7.59. The van der Waals surface area contributed by atoms with Crippen LogP contribution in [0.5, 0.6) is 0 Å². The molecular formula is C29H35N3O3. The lowest BCUT2D eigenvalue weighted by Crippen LogP contribution is -2.65. The molecule has 2 amide bonds. The average molecular weight is 474 g/mol. The van der Waals surface area contributed by atoms with E-state index in [1.807, 2.05) is 54.0 Å². The van der Waals surface area contributed by atoms with Crippen molar-refractivity contribution in [2.75, 3.05) is 6.54 Å². The van der Waals surface area contributed by atoms with Crippen molar-refractivity contribution in [3.8, 4) is 11.5 Å². The van der Waals surface area contributed by atoms with Crippen molar-refractivity contribution in [3.63, 3.8) is 0 Å². The molecule has 3 heterocycles. The zero-order valence-electron chi connectivity index (χ0n) is 20.9. The fourth-order valence-corrected chi connectivity index (χ4v) is 5.76. The van der Waals surface area contributed by atoms with Crippen molar-refractivity contribution < 1.29 is 14.0 Å². The third-order valence-electron chi connectivity index (χ3n) is 8.26. The van der Waals surface area contributed by atoms with Gasteiger partial charge in [0.2, 0.25) is 5.91 Å². The lowest BCUT2D eigenvalue weighted by atomic mass is 9.77. The van der Waals surface area contributed by atoms with Crippen LogP contribution in [-0.4, -0.2) is 39.4 Å². The van der Waals surface area contributed by atoms with Crippen molar-refractivity contribution in [3.05, 3.63) is 72.1 Å². The first-order valence-corrected chi connectivity index (χ1v) is 12.8. The minimum absolute atomic E-state index is 0.0744. The summed E-state index contributed by atoms with van der Waals surface area (Å²) >= 11 is 0. The second-order valence-corrected chi connectivity index (χ2v) is 10.5. The maximum absolute atomic E-state index is 14.0. The highest BCUT2D eigenvalue weighted by Crippen LogP contribution is 2.35. The number of amides is 2. The van der Waals surface area contributed by atoms with Gasteiger partial charge in [-0.15, -0.1) is 0 Å². The van der Waals surface area contributed by atoms with Crippen molar-refractivity contribution in [1.82, 2.24) is 14.8 Å². The number of hydrogen-bond donors (Lipinski definition) is 1. The molecule has 1 N–H and O–H groups in total. The molecule has 1 aliphatic carbocycles. The Morgan fingerprint density at radius 3 is 2.57 bits per heavy atom. The number of carbonyl (C=O) groups is 2. The highest BCUT2D eigenvalue weighted by Gasteiger charge is 2.48. The highest BCUT2D eigenvalue weighted by atomic mass is 16.3. The molecule has 3 aromatic rings. The van der Waals surface area contributed by atoms with Gasteiger partial charge in [-0.05, 0) is 61.4 Å². The third kappa shape index (κ3) is 4.30. The molecule has 5 rings (SSSR count). The summed E-state index contributed by atoms with van der Waals surface area (Å²) in [6, 6.07) is 17.7. The Hall–Kier alpha value is -3.28. The Balaban J connectivity index is 1.48. The van der Waals surface area contributed by atoms with Crippen LogP contribution in [0.3, 0.4) is 0 Å². The molecule has 6 heteroatoms. The Morgan fingerprint density at radius 2 is 1.83 bits per heavy atom. The average Bonchev–Trinajstić information content (AvgIpc) is 3.52. The quantitative estimate of drug-likeness (QED) is 0.539. The molecule has 4 atom stereocenters. The number of nitrogens with zero attached hydrogens (tertiary/aromatic N) is 2. The standard InChI is InChI=1S/C29H35N3O3/c1-20-9-7-12-23(21(20)2)30-28(34)29(3)19-31-24(26-13-8-18-35-26)14-15-25(31)27(33)32(29)17-16-22-10-5-4-6-11-22/h4-6,8,10-11,13-15,18,20-21,23H,7,9,12,16-17,19H2,1-3H3,(H,30,34). The maximum atomic E-state index is 14.0. The van der Waals surface area contributed by atoms with Gasteiger partial charge < -0.3 is 19.2 Å². The second kappa shape index (κ2) is 9.40. The molecule has 0 radical (unpaired) electrons. The summed E-state index contributed by atoms with van der Waals surface area (Å²) in [5.41, 5.74) is 1.55. The molecule has 2 aromatic heterocycles. The second-order valence-electron chi connectivity index (χ2n) is 10.5. The Bertz CT molecular complexity index is 1180. The van der Waals surface area contributed by atoms with Gasteiger partial charge >= 0.3 is 0 Å². The molecule has 184 valence electrons. The van der Waals surface area contributed by atoms with Gasteiger partial charge in [-0.3, -0.25) is 9.59 Å². The van der Waals surface area contributed by atoms with Crippen molar-refractivity contribution >= 4 is 11.8 Å². The van der Waals surface area contributed by atoms with Gasteiger partial charge in [0.05, 0.1) is 18.5 Å². The lowest BCUT2D eigenvalue weighted by Gasteiger charge is -2.46. The SMILES string of the molecule is CC1CCCC(NC(=O)C2(C)Cn3c(ccc3-c3ccco3)C(=O)N2CCc2ccccc2)C1C. The van der Waals surface area contributed by atoms with Gasteiger partial charge in [0.15, 0.2) is 0 Å². The molecule has 2 aliphatic rings. The number of nitrogens with one attached hydrogen (secondary N) is 1. The lowest BCUT2D eigenvalue weighted by molar-refractivity contribution is -0.134. The van der Waals surface area contributed by atoms with Gasteiger partial charge in [0.25, 0.3) is 5.91 Å². The van der Waals surface area contributed by atoms with Gasteiger partial charge in [-0.25, -0.2) is 0 Å². The van der Waals surface area contributed by atoms with E-state index in [1.165, 1.54) is 6.42 Å². The number of fused-ring (bicyclic) bond motifs is 1. The minimum atomic E-state index is -1.01. The summed E-state index contributed by atoms with van der Waals surface area (Å²) in [7, 11) is 0. The van der Waals surface area contributed by atoms with E-state index >= 15 is 0 Å². The van der Waals surface area contributed by atoms with Crippen LogP contribution in [0.4, 0.5) is 0 Å². The van der Waals surface area contributed by atoms with E-state index in [9.17, 15) is 9.59 Å². The van der Waals surface area contributed by atoms with E-state index in [-0.39, 0.29) is 17.9 Å². The third-order valence-corrected chi connectivity index (χ3v) is 8.26. The van der Waals surface area contributed by atoms with E-state index in [1.54, 1.807) is 11.2 Å². The van der Waals surface area contributed by atoms with Crippen LogP contribution in [-0.2, 0) is 17.8 Å². The van der Waals surface area contributed by atoms with E-state index in [0.717, 1.165) is 24.1 Å². The maximum Gasteiger partial charge on any atom is 0.271 e. The minimum Gasteiger partial charge on any atom is -0.463 e. The number of furan rings is 1. The molecule has 1 aromatic carbocycles.